The van der Waals surface area contributed by atoms with Crippen molar-refractivity contribution in [1.29, 1.82) is 0 Å². The van der Waals surface area contributed by atoms with E-state index in [4.69, 9.17) is 17.0 Å². The summed E-state index contributed by atoms with van der Waals surface area (Å²) < 4.78 is 34.1. The number of hydrogen-bond acceptors (Lipinski definition) is 5. The molecule has 2 aromatic carbocycles. The number of rotatable bonds is 7. The first-order valence-corrected chi connectivity index (χ1v) is 13.5. The average molecular weight is 520 g/mol. The van der Waals surface area contributed by atoms with E-state index in [-0.39, 0.29) is 12.1 Å². The van der Waals surface area contributed by atoms with Crippen LogP contribution >= 0.6 is 12.2 Å². The smallest absolute Gasteiger partial charge is 0.229 e. The predicted octanol–water partition coefficient (Wildman–Crippen LogP) is 4.43. The van der Waals surface area contributed by atoms with E-state index in [1.807, 2.05) is 71.8 Å². The van der Waals surface area contributed by atoms with Crippen LogP contribution in [0.5, 0.6) is 5.75 Å². The molecule has 36 heavy (non-hydrogen) atoms. The molecular formula is C26H25N5O3S2. The van der Waals surface area contributed by atoms with Gasteiger partial charge in [-0.2, -0.15) is 0 Å². The summed E-state index contributed by atoms with van der Waals surface area (Å²) in [5.74, 6) is 0.410. The second kappa shape index (κ2) is 9.63. The van der Waals surface area contributed by atoms with E-state index in [9.17, 15) is 8.42 Å². The Morgan fingerprint density at radius 1 is 1.00 bits per heavy atom. The Balaban J connectivity index is 1.67. The van der Waals surface area contributed by atoms with E-state index in [1.54, 1.807) is 18.3 Å². The molecule has 4 aromatic rings. The van der Waals surface area contributed by atoms with Crippen molar-refractivity contribution in [3.05, 3.63) is 103 Å². The van der Waals surface area contributed by atoms with E-state index >= 15 is 0 Å². The monoisotopic (exact) mass is 519 g/mol. The first kappa shape index (κ1) is 23.8. The third-order valence-electron chi connectivity index (χ3n) is 5.97. The molecule has 3 heterocycles. The highest BCUT2D eigenvalue weighted by Gasteiger charge is 2.42. The Morgan fingerprint density at radius 3 is 2.47 bits per heavy atom. The van der Waals surface area contributed by atoms with Gasteiger partial charge in [-0.1, -0.05) is 24.3 Å². The highest BCUT2D eigenvalue weighted by Crippen LogP contribution is 2.43. The summed E-state index contributed by atoms with van der Waals surface area (Å²) in [5.41, 5.74) is 3.90. The summed E-state index contributed by atoms with van der Waals surface area (Å²) in [5, 5.41) is 3.95. The zero-order valence-electron chi connectivity index (χ0n) is 19.7. The van der Waals surface area contributed by atoms with Gasteiger partial charge in [-0.25, -0.2) is 8.42 Å². The second-order valence-electron chi connectivity index (χ2n) is 8.39. The number of ether oxygens (including phenoxy) is 1. The van der Waals surface area contributed by atoms with Crippen LogP contribution < -0.4 is 19.7 Å². The van der Waals surface area contributed by atoms with Crippen LogP contribution in [0.15, 0.2) is 91.3 Å². The Kier molecular flexibility index (Phi) is 6.38. The van der Waals surface area contributed by atoms with Gasteiger partial charge in [0.15, 0.2) is 5.11 Å². The van der Waals surface area contributed by atoms with Crippen molar-refractivity contribution in [3.63, 3.8) is 0 Å². The van der Waals surface area contributed by atoms with Crippen LogP contribution in [0.2, 0.25) is 0 Å². The van der Waals surface area contributed by atoms with E-state index in [1.165, 1.54) is 7.11 Å². The Morgan fingerprint density at radius 2 is 1.78 bits per heavy atom. The SMILES string of the molecule is COc1ccc(N2C(=S)N[C@@H](c3ccccn3)[C@H]2c2cccn2-c2ccccc2)cc1NS(C)(=O)=O. The largest absolute Gasteiger partial charge is 0.495 e. The van der Waals surface area contributed by atoms with Crippen LogP contribution in [-0.4, -0.2) is 36.4 Å². The predicted molar refractivity (Wildman–Crippen MR) is 145 cm³/mol. The lowest BCUT2D eigenvalue weighted by Crippen LogP contribution is -2.30. The number of thiocarbonyl (C=S) groups is 1. The van der Waals surface area contributed by atoms with Gasteiger partial charge >= 0.3 is 0 Å². The van der Waals surface area contributed by atoms with Gasteiger partial charge in [0.1, 0.15) is 11.8 Å². The van der Waals surface area contributed by atoms with Crippen LogP contribution in [-0.2, 0) is 10.0 Å². The molecule has 0 amide bonds. The molecule has 184 valence electrons. The fraction of sp³-hybridized carbons (Fsp3) is 0.154. The van der Waals surface area contributed by atoms with Gasteiger partial charge in [-0.3, -0.25) is 9.71 Å². The van der Waals surface area contributed by atoms with Crippen LogP contribution in [0.4, 0.5) is 11.4 Å². The number of nitrogens with zero attached hydrogens (tertiary/aromatic N) is 3. The second-order valence-corrected chi connectivity index (χ2v) is 10.5. The number of sulfonamides is 1. The molecule has 0 spiro atoms. The minimum Gasteiger partial charge on any atom is -0.495 e. The molecule has 2 aromatic heterocycles. The van der Waals surface area contributed by atoms with Crippen molar-refractivity contribution in [1.82, 2.24) is 14.9 Å². The number of aromatic nitrogens is 2. The fourth-order valence-corrected chi connectivity index (χ4v) is 5.42. The normalized spacial score (nSPS) is 17.6. The van der Waals surface area contributed by atoms with Crippen LogP contribution in [0.1, 0.15) is 23.5 Å². The van der Waals surface area contributed by atoms with E-state index < -0.39 is 10.0 Å². The van der Waals surface area contributed by atoms with Crippen LogP contribution in [0.3, 0.4) is 0 Å². The minimum absolute atomic E-state index is 0.246. The molecule has 1 saturated heterocycles. The third kappa shape index (κ3) is 4.65. The number of pyridine rings is 1. The van der Waals surface area contributed by atoms with Gasteiger partial charge in [-0.05, 0) is 66.8 Å². The van der Waals surface area contributed by atoms with Gasteiger partial charge in [0, 0.05) is 29.5 Å². The fourth-order valence-electron chi connectivity index (χ4n) is 4.52. The quantitative estimate of drug-likeness (QED) is 0.349. The molecule has 0 aliphatic carbocycles. The lowest BCUT2D eigenvalue weighted by Gasteiger charge is -2.29. The number of para-hydroxylation sites is 1. The number of benzene rings is 2. The number of hydrogen-bond donors (Lipinski definition) is 2. The summed E-state index contributed by atoms with van der Waals surface area (Å²) in [6.07, 6.45) is 4.88. The molecule has 0 bridgehead atoms. The molecule has 2 atom stereocenters. The Bertz CT molecular complexity index is 1490. The molecule has 8 nitrogen and oxygen atoms in total. The minimum atomic E-state index is -3.53. The number of nitrogens with one attached hydrogen (secondary N) is 2. The highest BCUT2D eigenvalue weighted by atomic mass is 32.2. The van der Waals surface area contributed by atoms with Crippen molar-refractivity contribution in [2.75, 3.05) is 23.0 Å². The van der Waals surface area contributed by atoms with Crippen LogP contribution in [0.25, 0.3) is 5.69 Å². The van der Waals surface area contributed by atoms with Gasteiger partial charge in [0.2, 0.25) is 10.0 Å². The van der Waals surface area contributed by atoms with Crippen LogP contribution in [0, 0.1) is 0 Å². The molecule has 0 radical (unpaired) electrons. The molecule has 0 unspecified atom stereocenters. The Labute approximate surface area is 215 Å². The van der Waals surface area contributed by atoms with Crippen molar-refractivity contribution in [3.8, 4) is 11.4 Å². The Hall–Kier alpha value is -3.89. The van der Waals surface area contributed by atoms with Crippen molar-refractivity contribution in [2.45, 2.75) is 12.1 Å². The van der Waals surface area contributed by atoms with E-state index in [0.717, 1.165) is 23.3 Å². The van der Waals surface area contributed by atoms with Crippen molar-refractivity contribution < 1.29 is 13.2 Å². The molecule has 1 fully saturated rings. The van der Waals surface area contributed by atoms with Gasteiger partial charge in [0.25, 0.3) is 0 Å². The van der Waals surface area contributed by atoms with Crippen molar-refractivity contribution in [2.24, 2.45) is 0 Å². The third-order valence-corrected chi connectivity index (χ3v) is 6.88. The highest BCUT2D eigenvalue weighted by molar-refractivity contribution is 7.92. The number of anilines is 2. The maximum absolute atomic E-state index is 12.0. The molecule has 5 rings (SSSR count). The molecule has 2 N–H and O–H groups in total. The molecule has 10 heteroatoms. The molecular weight excluding hydrogens is 494 g/mol. The first-order valence-electron chi connectivity index (χ1n) is 11.2. The molecule has 1 aliphatic heterocycles. The average Bonchev–Trinajstić information content (AvgIpc) is 3.48. The maximum atomic E-state index is 12.0. The van der Waals surface area contributed by atoms with Crippen molar-refractivity contribution >= 4 is 38.7 Å². The lowest BCUT2D eigenvalue weighted by molar-refractivity contribution is 0.417. The standard InChI is InChI=1S/C26H25N5O3S2/c1-34-23-14-13-19(17-21(23)29-36(2,32)33)31-25(24(28-26(31)35)20-11-6-7-15-27-20)22-12-8-16-30(22)18-9-4-3-5-10-18/h3-17,24-25,29H,1-2H3,(H,28,35)/t24-,25+/m0/s1. The summed E-state index contributed by atoms with van der Waals surface area (Å²) in [7, 11) is -2.03. The summed E-state index contributed by atoms with van der Waals surface area (Å²) in [4.78, 5) is 6.61. The number of methoxy groups -OCH3 is 1. The van der Waals surface area contributed by atoms with Gasteiger partial charge < -0.3 is 19.5 Å². The van der Waals surface area contributed by atoms with E-state index in [0.29, 0.717) is 22.2 Å². The maximum Gasteiger partial charge on any atom is 0.229 e. The zero-order chi connectivity index (χ0) is 25.3. The van der Waals surface area contributed by atoms with E-state index in [2.05, 4.69) is 25.7 Å². The van der Waals surface area contributed by atoms with Gasteiger partial charge in [-0.15, -0.1) is 0 Å². The summed E-state index contributed by atoms with van der Waals surface area (Å²) >= 11 is 5.83. The summed E-state index contributed by atoms with van der Waals surface area (Å²) in [6, 6.07) is 24.7. The van der Waals surface area contributed by atoms with Gasteiger partial charge in [0.05, 0.1) is 30.8 Å². The topological polar surface area (TPSA) is 88.5 Å². The lowest BCUT2D eigenvalue weighted by atomic mass is 10.0. The molecule has 1 aliphatic rings. The zero-order valence-corrected chi connectivity index (χ0v) is 21.3. The molecule has 0 saturated carbocycles. The first-order chi connectivity index (χ1) is 17.4. The summed E-state index contributed by atoms with van der Waals surface area (Å²) in [6.45, 7) is 0.